The number of methoxy groups -OCH3 is 1. The van der Waals surface area contributed by atoms with Crippen molar-refractivity contribution in [2.45, 2.75) is 11.4 Å². The fourth-order valence-corrected chi connectivity index (χ4v) is 4.38. The number of fused-ring (bicyclic) bond motifs is 1. The van der Waals surface area contributed by atoms with Gasteiger partial charge >= 0.3 is 5.97 Å². The van der Waals surface area contributed by atoms with Crippen LogP contribution in [0.4, 0.5) is 0 Å². The number of benzene rings is 2. The standard InChI is InChI=1S/C20H18N2O5S2/c1-27-19(24)13-22-16-10-9-15(29(2,25)26)12-17(16)28-20(22)21-18(23)11-8-14-6-4-3-5-7-14/h3-12H,13H2,1-2H3/b11-8+,21-20?. The Kier molecular flexibility index (Phi) is 6.09. The molecule has 0 N–H and O–H groups in total. The molecule has 0 fully saturated rings. The molecule has 0 spiro atoms. The van der Waals surface area contributed by atoms with Crippen LogP contribution in [0.2, 0.25) is 0 Å². The summed E-state index contributed by atoms with van der Waals surface area (Å²) in [6.45, 7) is -0.150. The van der Waals surface area contributed by atoms with E-state index in [1.165, 1.54) is 29.9 Å². The fourth-order valence-electron chi connectivity index (χ4n) is 2.58. The third kappa shape index (κ3) is 5.07. The molecular formula is C20H18N2O5S2. The Bertz CT molecular complexity index is 1270. The van der Waals surface area contributed by atoms with Crippen LogP contribution in [0.3, 0.4) is 0 Å². The summed E-state index contributed by atoms with van der Waals surface area (Å²) in [5.74, 6) is -1.01. The predicted octanol–water partition coefficient (Wildman–Crippen LogP) is 2.42. The summed E-state index contributed by atoms with van der Waals surface area (Å²) < 4.78 is 30.5. The highest BCUT2D eigenvalue weighted by molar-refractivity contribution is 7.90. The number of aromatic nitrogens is 1. The van der Waals surface area contributed by atoms with E-state index < -0.39 is 21.7 Å². The summed E-state index contributed by atoms with van der Waals surface area (Å²) in [5, 5.41) is 0. The van der Waals surface area contributed by atoms with Crippen LogP contribution in [-0.4, -0.2) is 38.2 Å². The first kappa shape index (κ1) is 20.7. The van der Waals surface area contributed by atoms with E-state index in [1.807, 2.05) is 30.3 Å². The van der Waals surface area contributed by atoms with Crippen LogP contribution in [0.25, 0.3) is 16.3 Å². The van der Waals surface area contributed by atoms with Gasteiger partial charge in [-0.2, -0.15) is 4.99 Å². The van der Waals surface area contributed by atoms with E-state index in [-0.39, 0.29) is 16.2 Å². The molecule has 0 atom stereocenters. The Hall–Kier alpha value is -3.04. The molecule has 0 aliphatic rings. The largest absolute Gasteiger partial charge is 0.468 e. The second kappa shape index (κ2) is 8.54. The minimum Gasteiger partial charge on any atom is -0.468 e. The SMILES string of the molecule is COC(=O)Cn1c(=NC(=O)/C=C/c2ccccc2)sc2cc(S(C)(=O)=O)ccc21. The molecule has 7 nitrogen and oxygen atoms in total. The summed E-state index contributed by atoms with van der Waals surface area (Å²) >= 11 is 1.13. The summed E-state index contributed by atoms with van der Waals surface area (Å²) in [6.07, 6.45) is 4.10. The lowest BCUT2D eigenvalue weighted by Gasteiger charge is -2.04. The molecular weight excluding hydrogens is 412 g/mol. The van der Waals surface area contributed by atoms with Crippen LogP contribution in [0.15, 0.2) is 64.5 Å². The van der Waals surface area contributed by atoms with Crippen molar-refractivity contribution in [3.05, 3.63) is 65.0 Å². The first-order valence-corrected chi connectivity index (χ1v) is 11.2. The first-order valence-electron chi connectivity index (χ1n) is 8.50. The summed E-state index contributed by atoms with van der Waals surface area (Å²) in [5.41, 5.74) is 1.44. The van der Waals surface area contributed by atoms with Gasteiger partial charge in [-0.3, -0.25) is 9.59 Å². The smallest absolute Gasteiger partial charge is 0.325 e. The van der Waals surface area contributed by atoms with Gasteiger partial charge in [0, 0.05) is 12.3 Å². The fraction of sp³-hybridized carbons (Fsp3) is 0.150. The third-order valence-corrected chi connectivity index (χ3v) is 6.17. The number of sulfone groups is 1. The van der Waals surface area contributed by atoms with Gasteiger partial charge in [0.05, 0.1) is 22.2 Å². The Labute approximate surface area is 171 Å². The van der Waals surface area contributed by atoms with Crippen LogP contribution >= 0.6 is 11.3 Å². The van der Waals surface area contributed by atoms with E-state index in [0.29, 0.717) is 10.2 Å². The molecule has 9 heteroatoms. The van der Waals surface area contributed by atoms with Gasteiger partial charge in [0.1, 0.15) is 6.54 Å². The number of thiazole rings is 1. The lowest BCUT2D eigenvalue weighted by atomic mass is 10.2. The number of ether oxygens (including phenoxy) is 1. The molecule has 3 rings (SSSR count). The number of amides is 1. The maximum atomic E-state index is 12.3. The Morgan fingerprint density at radius 2 is 1.90 bits per heavy atom. The van der Waals surface area contributed by atoms with E-state index in [4.69, 9.17) is 4.74 Å². The Balaban J connectivity index is 2.07. The number of hydrogen-bond donors (Lipinski definition) is 0. The zero-order valence-corrected chi connectivity index (χ0v) is 17.4. The maximum Gasteiger partial charge on any atom is 0.325 e. The van der Waals surface area contributed by atoms with Gasteiger partial charge < -0.3 is 9.30 Å². The number of hydrogen-bond acceptors (Lipinski definition) is 6. The van der Waals surface area contributed by atoms with Crippen molar-refractivity contribution in [1.29, 1.82) is 0 Å². The zero-order chi connectivity index (χ0) is 21.0. The molecule has 150 valence electrons. The monoisotopic (exact) mass is 430 g/mol. The molecule has 0 aliphatic carbocycles. The van der Waals surface area contributed by atoms with Crippen molar-refractivity contribution in [3.8, 4) is 0 Å². The summed E-state index contributed by atoms with van der Waals surface area (Å²) in [6, 6.07) is 13.9. The molecule has 0 bridgehead atoms. The quantitative estimate of drug-likeness (QED) is 0.458. The molecule has 1 aromatic heterocycles. The zero-order valence-electron chi connectivity index (χ0n) is 15.7. The van der Waals surface area contributed by atoms with Crippen molar-refractivity contribution in [3.63, 3.8) is 0 Å². The molecule has 0 aliphatic heterocycles. The summed E-state index contributed by atoms with van der Waals surface area (Å²) in [7, 11) is -2.12. The molecule has 1 amide bonds. The minimum atomic E-state index is -3.39. The van der Waals surface area contributed by atoms with Crippen molar-refractivity contribution in [1.82, 2.24) is 4.57 Å². The Morgan fingerprint density at radius 3 is 2.55 bits per heavy atom. The molecule has 3 aromatic rings. The van der Waals surface area contributed by atoms with Crippen LogP contribution in [-0.2, 0) is 30.7 Å². The van der Waals surface area contributed by atoms with Crippen molar-refractivity contribution >= 4 is 49.3 Å². The number of carbonyl (C=O) groups is 2. The third-order valence-electron chi connectivity index (χ3n) is 4.02. The van der Waals surface area contributed by atoms with Gasteiger partial charge in [0.15, 0.2) is 14.6 Å². The van der Waals surface area contributed by atoms with Crippen LogP contribution in [0.5, 0.6) is 0 Å². The number of nitrogens with zero attached hydrogens (tertiary/aromatic N) is 2. The second-order valence-corrected chi connectivity index (χ2v) is 9.17. The number of carbonyl (C=O) groups excluding carboxylic acids is 2. The molecule has 0 saturated heterocycles. The molecule has 0 radical (unpaired) electrons. The lowest BCUT2D eigenvalue weighted by molar-refractivity contribution is -0.141. The predicted molar refractivity (Wildman–Crippen MR) is 111 cm³/mol. The van der Waals surface area contributed by atoms with E-state index in [1.54, 1.807) is 12.1 Å². The lowest BCUT2D eigenvalue weighted by Crippen LogP contribution is -2.22. The van der Waals surface area contributed by atoms with E-state index in [9.17, 15) is 18.0 Å². The van der Waals surface area contributed by atoms with Crippen LogP contribution in [0.1, 0.15) is 5.56 Å². The number of esters is 1. The average Bonchev–Trinajstić information content (AvgIpc) is 3.02. The van der Waals surface area contributed by atoms with Crippen molar-refractivity contribution in [2.24, 2.45) is 4.99 Å². The van der Waals surface area contributed by atoms with E-state index >= 15 is 0 Å². The van der Waals surface area contributed by atoms with Gasteiger partial charge in [0.2, 0.25) is 0 Å². The van der Waals surface area contributed by atoms with Crippen LogP contribution < -0.4 is 4.80 Å². The Morgan fingerprint density at radius 1 is 1.17 bits per heavy atom. The van der Waals surface area contributed by atoms with Gasteiger partial charge in [-0.25, -0.2) is 8.42 Å². The molecule has 2 aromatic carbocycles. The normalized spacial score (nSPS) is 12.6. The van der Waals surface area contributed by atoms with Gasteiger partial charge in [-0.15, -0.1) is 0 Å². The van der Waals surface area contributed by atoms with Crippen molar-refractivity contribution < 1.29 is 22.7 Å². The molecule has 0 saturated carbocycles. The maximum absolute atomic E-state index is 12.3. The van der Waals surface area contributed by atoms with E-state index in [2.05, 4.69) is 4.99 Å². The minimum absolute atomic E-state index is 0.150. The highest BCUT2D eigenvalue weighted by Crippen LogP contribution is 2.22. The first-order chi connectivity index (χ1) is 13.8. The molecule has 1 heterocycles. The topological polar surface area (TPSA) is 94.8 Å². The van der Waals surface area contributed by atoms with Crippen molar-refractivity contribution in [2.75, 3.05) is 13.4 Å². The van der Waals surface area contributed by atoms with Gasteiger partial charge in [0.25, 0.3) is 5.91 Å². The second-order valence-electron chi connectivity index (χ2n) is 6.14. The average molecular weight is 431 g/mol. The highest BCUT2D eigenvalue weighted by atomic mass is 32.2. The molecule has 29 heavy (non-hydrogen) atoms. The van der Waals surface area contributed by atoms with Gasteiger partial charge in [-0.05, 0) is 29.8 Å². The van der Waals surface area contributed by atoms with E-state index in [0.717, 1.165) is 23.2 Å². The molecule has 0 unspecified atom stereocenters. The van der Waals surface area contributed by atoms with Gasteiger partial charge in [-0.1, -0.05) is 41.7 Å². The van der Waals surface area contributed by atoms with Crippen LogP contribution in [0, 0.1) is 0 Å². The summed E-state index contributed by atoms with van der Waals surface area (Å²) in [4.78, 5) is 28.7. The highest BCUT2D eigenvalue weighted by Gasteiger charge is 2.14. The number of rotatable bonds is 5.